The van der Waals surface area contributed by atoms with E-state index in [-0.39, 0.29) is 0 Å². The van der Waals surface area contributed by atoms with Gasteiger partial charge in [0.1, 0.15) is 0 Å². The normalized spacial score (nSPS) is 12.6. The molecule has 0 aromatic rings. The van der Waals surface area contributed by atoms with Gasteiger partial charge >= 0.3 is 0 Å². The first-order valence-corrected chi connectivity index (χ1v) is 6.36. The van der Waals surface area contributed by atoms with Gasteiger partial charge in [0, 0.05) is 6.61 Å². The molecular formula is C9H22N2OSi. The van der Waals surface area contributed by atoms with E-state index in [1.54, 1.807) is 0 Å². The van der Waals surface area contributed by atoms with Gasteiger partial charge in [-0.3, -0.25) is 0 Å². The molecule has 0 aromatic carbocycles. The summed E-state index contributed by atoms with van der Waals surface area (Å²) in [6, 6.07) is 0. The summed E-state index contributed by atoms with van der Waals surface area (Å²) in [6.45, 7) is 3.54. The number of hydrogen-bond donors (Lipinski definition) is 0. The molecule has 78 valence electrons. The van der Waals surface area contributed by atoms with Gasteiger partial charge in [0.05, 0.1) is 6.61 Å². The first-order chi connectivity index (χ1) is 6.09. The number of hydrogen-bond acceptors (Lipinski definition) is 3. The molecule has 0 aliphatic rings. The Morgan fingerprint density at radius 1 is 1.15 bits per heavy atom. The summed E-state index contributed by atoms with van der Waals surface area (Å²) in [7, 11) is 7.49. The molecule has 0 aliphatic heterocycles. The Morgan fingerprint density at radius 3 is 2.08 bits per heavy atom. The molecule has 0 N–H and O–H groups in total. The van der Waals surface area contributed by atoms with Gasteiger partial charge in [-0.15, -0.1) is 0 Å². The highest BCUT2D eigenvalue weighted by Gasteiger charge is 2.11. The van der Waals surface area contributed by atoms with E-state index >= 15 is 0 Å². The van der Waals surface area contributed by atoms with Crippen molar-refractivity contribution >= 4 is 9.12 Å². The van der Waals surface area contributed by atoms with Crippen molar-refractivity contribution in [2.45, 2.75) is 6.92 Å². The van der Waals surface area contributed by atoms with E-state index in [4.69, 9.17) is 4.74 Å². The highest BCUT2D eigenvalue weighted by atomic mass is 28.3. The molecule has 13 heavy (non-hydrogen) atoms. The summed E-state index contributed by atoms with van der Waals surface area (Å²) in [5.41, 5.74) is 2.29. The summed E-state index contributed by atoms with van der Waals surface area (Å²) in [6.07, 6.45) is 2.13. The molecule has 0 saturated carbocycles. The first-order valence-electron chi connectivity index (χ1n) is 4.66. The maximum absolute atomic E-state index is 5.24. The van der Waals surface area contributed by atoms with Crippen molar-refractivity contribution in [2.75, 3.05) is 41.4 Å². The van der Waals surface area contributed by atoms with Crippen LogP contribution in [0.5, 0.6) is 0 Å². The monoisotopic (exact) mass is 202 g/mol. The Labute approximate surface area is 83.7 Å². The molecule has 0 amide bonds. The van der Waals surface area contributed by atoms with Crippen LogP contribution in [0.15, 0.2) is 11.8 Å². The molecule has 0 spiro atoms. The fourth-order valence-corrected chi connectivity index (χ4v) is 3.14. The van der Waals surface area contributed by atoms with Crippen molar-refractivity contribution in [1.29, 1.82) is 0 Å². The maximum atomic E-state index is 5.24. The molecule has 0 heterocycles. The molecule has 0 aliphatic carbocycles. The summed E-state index contributed by atoms with van der Waals surface area (Å²) < 4.78 is 9.83. The summed E-state index contributed by atoms with van der Waals surface area (Å²) in [5, 5.41) is 0. The van der Waals surface area contributed by atoms with Gasteiger partial charge in [0.2, 0.25) is 9.12 Å². The molecule has 4 heteroatoms. The topological polar surface area (TPSA) is 15.7 Å². The van der Waals surface area contributed by atoms with Crippen LogP contribution in [0.4, 0.5) is 0 Å². The number of rotatable bonds is 6. The first kappa shape index (κ1) is 12.8. The Kier molecular flexibility index (Phi) is 7.17. The average Bonchev–Trinajstić information content (AvgIpc) is 2.02. The van der Waals surface area contributed by atoms with Crippen molar-refractivity contribution in [1.82, 2.24) is 9.13 Å². The molecule has 0 fully saturated rings. The SMILES string of the molecule is CCOCC=C[SiH](N(C)C)N(C)C. The average molecular weight is 202 g/mol. The lowest BCUT2D eigenvalue weighted by atomic mass is 10.7. The minimum atomic E-state index is -1.02. The maximum Gasteiger partial charge on any atom is 0.214 e. The lowest BCUT2D eigenvalue weighted by Gasteiger charge is -2.25. The van der Waals surface area contributed by atoms with Crippen LogP contribution in [0.2, 0.25) is 0 Å². The van der Waals surface area contributed by atoms with Gasteiger partial charge < -0.3 is 13.9 Å². The summed E-state index contributed by atoms with van der Waals surface area (Å²) in [5.74, 6) is 0. The van der Waals surface area contributed by atoms with Crippen LogP contribution in [0.25, 0.3) is 0 Å². The Bertz CT molecular complexity index is 141. The third-order valence-electron chi connectivity index (χ3n) is 1.78. The molecule has 0 radical (unpaired) electrons. The van der Waals surface area contributed by atoms with Crippen LogP contribution < -0.4 is 0 Å². The molecular weight excluding hydrogens is 180 g/mol. The minimum Gasteiger partial charge on any atom is -0.378 e. The van der Waals surface area contributed by atoms with Gasteiger partial charge in [-0.05, 0) is 35.1 Å². The quantitative estimate of drug-likeness (QED) is 0.460. The van der Waals surface area contributed by atoms with E-state index in [0.29, 0.717) is 0 Å². The Morgan fingerprint density at radius 2 is 1.69 bits per heavy atom. The lowest BCUT2D eigenvalue weighted by molar-refractivity contribution is 0.177. The van der Waals surface area contributed by atoms with Crippen molar-refractivity contribution in [2.24, 2.45) is 0 Å². The molecule has 0 saturated heterocycles. The van der Waals surface area contributed by atoms with Crippen LogP contribution in [-0.4, -0.2) is 59.7 Å². The zero-order chi connectivity index (χ0) is 10.3. The van der Waals surface area contributed by atoms with Crippen LogP contribution in [-0.2, 0) is 4.74 Å². The lowest BCUT2D eigenvalue weighted by Crippen LogP contribution is -2.44. The van der Waals surface area contributed by atoms with E-state index in [0.717, 1.165) is 13.2 Å². The van der Waals surface area contributed by atoms with Crippen LogP contribution >= 0.6 is 0 Å². The van der Waals surface area contributed by atoms with Crippen molar-refractivity contribution < 1.29 is 4.74 Å². The molecule has 0 aromatic heterocycles. The standard InChI is InChI=1S/C9H22N2OSi/c1-6-12-8-7-9-13(10(2)3)11(4)5/h7,9,13H,6,8H2,1-5H3. The summed E-state index contributed by atoms with van der Waals surface area (Å²) in [4.78, 5) is 0. The van der Waals surface area contributed by atoms with Crippen LogP contribution in [0.3, 0.4) is 0 Å². The number of nitrogens with zero attached hydrogens (tertiary/aromatic N) is 2. The Balaban J connectivity index is 3.87. The molecule has 0 rings (SSSR count). The highest BCUT2D eigenvalue weighted by Crippen LogP contribution is 1.93. The predicted octanol–water partition coefficient (Wildman–Crippen LogP) is 0.462. The minimum absolute atomic E-state index is 0.738. The number of ether oxygens (including phenoxy) is 1. The fraction of sp³-hybridized carbons (Fsp3) is 0.778. The zero-order valence-corrected chi connectivity index (χ0v) is 10.6. The van der Waals surface area contributed by atoms with E-state index in [1.807, 2.05) is 6.92 Å². The van der Waals surface area contributed by atoms with E-state index in [1.165, 1.54) is 0 Å². The molecule has 0 bridgehead atoms. The largest absolute Gasteiger partial charge is 0.378 e. The second kappa shape index (κ2) is 7.26. The molecule has 0 atom stereocenters. The predicted molar refractivity (Wildman–Crippen MR) is 60.2 cm³/mol. The van der Waals surface area contributed by atoms with Gasteiger partial charge in [-0.1, -0.05) is 11.8 Å². The van der Waals surface area contributed by atoms with Gasteiger partial charge in [0.15, 0.2) is 0 Å². The van der Waals surface area contributed by atoms with Crippen molar-refractivity contribution in [3.8, 4) is 0 Å². The third kappa shape index (κ3) is 5.98. The molecule has 3 nitrogen and oxygen atoms in total. The summed E-state index contributed by atoms with van der Waals surface area (Å²) >= 11 is 0. The van der Waals surface area contributed by atoms with Gasteiger partial charge in [0.25, 0.3) is 0 Å². The second-order valence-electron chi connectivity index (χ2n) is 3.43. The van der Waals surface area contributed by atoms with Gasteiger partial charge in [-0.2, -0.15) is 0 Å². The second-order valence-corrected chi connectivity index (χ2v) is 6.71. The van der Waals surface area contributed by atoms with Crippen LogP contribution in [0.1, 0.15) is 6.92 Å². The van der Waals surface area contributed by atoms with E-state index in [2.05, 4.69) is 49.1 Å². The smallest absolute Gasteiger partial charge is 0.214 e. The fourth-order valence-electron chi connectivity index (χ4n) is 1.17. The van der Waals surface area contributed by atoms with Crippen molar-refractivity contribution in [3.63, 3.8) is 0 Å². The van der Waals surface area contributed by atoms with Gasteiger partial charge in [-0.25, -0.2) is 0 Å². The molecule has 0 unspecified atom stereocenters. The van der Waals surface area contributed by atoms with Crippen LogP contribution in [0, 0.1) is 0 Å². The Hall–Kier alpha value is -0.163. The third-order valence-corrected chi connectivity index (χ3v) is 4.52. The van der Waals surface area contributed by atoms with Crippen molar-refractivity contribution in [3.05, 3.63) is 11.8 Å². The zero-order valence-electron chi connectivity index (χ0n) is 9.45. The highest BCUT2D eigenvalue weighted by molar-refractivity contribution is 6.58. The van der Waals surface area contributed by atoms with E-state index in [9.17, 15) is 0 Å². The van der Waals surface area contributed by atoms with E-state index < -0.39 is 9.12 Å².